The Morgan fingerprint density at radius 3 is 2.05 bits per heavy atom. The van der Waals surface area contributed by atoms with Crippen molar-refractivity contribution in [1.82, 2.24) is 4.31 Å². The number of benzene rings is 1. The summed E-state index contributed by atoms with van der Waals surface area (Å²) < 4.78 is 37.8. The number of nitrogens with zero attached hydrogens (tertiary/aromatic N) is 1. The second kappa shape index (κ2) is 6.34. The maximum Gasteiger partial charge on any atom is 0.243 e. The first-order valence-corrected chi connectivity index (χ1v) is 8.52. The Labute approximate surface area is 126 Å². The largest absolute Gasteiger partial charge is 0.497 e. The van der Waals surface area contributed by atoms with Gasteiger partial charge in [-0.3, -0.25) is 0 Å². The SMILES string of the molecule is COc1cc(C)c(S(=O)(=O)N2CCC(OC)CC2)c(C)c1. The van der Waals surface area contributed by atoms with Crippen molar-refractivity contribution >= 4 is 10.0 Å². The number of hydrogen-bond acceptors (Lipinski definition) is 4. The van der Waals surface area contributed by atoms with E-state index in [0.717, 1.165) is 24.0 Å². The van der Waals surface area contributed by atoms with E-state index in [9.17, 15) is 8.42 Å². The number of ether oxygens (including phenoxy) is 2. The minimum Gasteiger partial charge on any atom is -0.497 e. The van der Waals surface area contributed by atoms with E-state index in [0.29, 0.717) is 23.7 Å². The normalized spacial score (nSPS) is 17.9. The topological polar surface area (TPSA) is 55.8 Å². The quantitative estimate of drug-likeness (QED) is 0.854. The molecule has 1 fully saturated rings. The van der Waals surface area contributed by atoms with Crippen LogP contribution in [0.25, 0.3) is 0 Å². The molecule has 2 rings (SSSR count). The van der Waals surface area contributed by atoms with E-state index in [1.54, 1.807) is 30.7 Å². The molecule has 118 valence electrons. The highest BCUT2D eigenvalue weighted by Crippen LogP contribution is 2.29. The van der Waals surface area contributed by atoms with Gasteiger partial charge in [0.15, 0.2) is 0 Å². The van der Waals surface area contributed by atoms with Crippen LogP contribution in [-0.4, -0.2) is 46.1 Å². The molecule has 5 nitrogen and oxygen atoms in total. The standard InChI is InChI=1S/C15H23NO4S/c1-11-9-14(20-4)10-12(2)15(11)21(17,18)16-7-5-13(19-3)6-8-16/h9-10,13H,5-8H2,1-4H3. The molecular formula is C15H23NO4S. The number of piperidine rings is 1. The molecule has 1 aromatic rings. The summed E-state index contributed by atoms with van der Waals surface area (Å²) in [4.78, 5) is 0.402. The molecule has 1 aliphatic rings. The summed E-state index contributed by atoms with van der Waals surface area (Å²) in [6, 6.07) is 3.53. The first kappa shape index (κ1) is 16.3. The Morgan fingerprint density at radius 1 is 1.10 bits per heavy atom. The number of aryl methyl sites for hydroxylation is 2. The molecule has 0 amide bonds. The fraction of sp³-hybridized carbons (Fsp3) is 0.600. The molecule has 0 atom stereocenters. The van der Waals surface area contributed by atoms with E-state index in [1.807, 2.05) is 13.8 Å². The molecule has 21 heavy (non-hydrogen) atoms. The maximum atomic E-state index is 12.9. The van der Waals surface area contributed by atoms with Crippen LogP contribution in [0.1, 0.15) is 24.0 Å². The molecule has 6 heteroatoms. The third-order valence-electron chi connectivity index (χ3n) is 4.00. The van der Waals surface area contributed by atoms with Crippen molar-refractivity contribution in [2.45, 2.75) is 37.7 Å². The zero-order valence-electron chi connectivity index (χ0n) is 13.0. The van der Waals surface area contributed by atoms with Gasteiger partial charge in [0.25, 0.3) is 0 Å². The van der Waals surface area contributed by atoms with Gasteiger partial charge in [0.1, 0.15) is 5.75 Å². The molecule has 0 spiro atoms. The van der Waals surface area contributed by atoms with Gasteiger partial charge >= 0.3 is 0 Å². The van der Waals surface area contributed by atoms with Crippen LogP contribution in [-0.2, 0) is 14.8 Å². The van der Waals surface area contributed by atoms with Crippen molar-refractivity contribution in [1.29, 1.82) is 0 Å². The number of hydrogen-bond donors (Lipinski definition) is 0. The predicted octanol–water partition coefficient (Wildman–Crippen LogP) is 2.11. The Hall–Kier alpha value is -1.11. The van der Waals surface area contributed by atoms with E-state index in [4.69, 9.17) is 9.47 Å². The molecule has 0 aliphatic carbocycles. The number of sulfonamides is 1. The molecule has 1 saturated heterocycles. The van der Waals surface area contributed by atoms with E-state index in [2.05, 4.69) is 0 Å². The lowest BCUT2D eigenvalue weighted by molar-refractivity contribution is 0.0604. The minimum absolute atomic E-state index is 0.162. The summed E-state index contributed by atoms with van der Waals surface area (Å²) in [5.41, 5.74) is 1.45. The van der Waals surface area contributed by atoms with Crippen LogP contribution >= 0.6 is 0 Å². The van der Waals surface area contributed by atoms with Gasteiger partial charge in [0, 0.05) is 20.2 Å². The summed E-state index contributed by atoms with van der Waals surface area (Å²) >= 11 is 0. The minimum atomic E-state index is -3.46. The fourth-order valence-corrected chi connectivity index (χ4v) is 4.75. The zero-order chi connectivity index (χ0) is 15.6. The second-order valence-electron chi connectivity index (χ2n) is 5.43. The van der Waals surface area contributed by atoms with Crippen molar-refractivity contribution in [3.05, 3.63) is 23.3 Å². The third-order valence-corrected chi connectivity index (χ3v) is 6.21. The van der Waals surface area contributed by atoms with Crippen molar-refractivity contribution in [3.63, 3.8) is 0 Å². The van der Waals surface area contributed by atoms with E-state index >= 15 is 0 Å². The first-order chi connectivity index (χ1) is 9.90. The van der Waals surface area contributed by atoms with Crippen molar-refractivity contribution in [2.75, 3.05) is 27.3 Å². The molecule has 0 radical (unpaired) electrons. The molecule has 0 aromatic heterocycles. The lowest BCUT2D eigenvalue weighted by Crippen LogP contribution is -2.41. The van der Waals surface area contributed by atoms with Gasteiger partial charge in [-0.05, 0) is 49.9 Å². The Kier molecular flexibility index (Phi) is 4.91. The van der Waals surface area contributed by atoms with Crippen molar-refractivity contribution in [3.8, 4) is 5.75 Å². The highest BCUT2D eigenvalue weighted by atomic mass is 32.2. The van der Waals surface area contributed by atoms with Gasteiger partial charge < -0.3 is 9.47 Å². The summed E-state index contributed by atoms with van der Waals surface area (Å²) in [5.74, 6) is 0.682. The van der Waals surface area contributed by atoms with Gasteiger partial charge in [-0.2, -0.15) is 4.31 Å². The summed E-state index contributed by atoms with van der Waals surface area (Å²) in [6.07, 6.45) is 1.64. The number of methoxy groups -OCH3 is 2. The van der Waals surface area contributed by atoms with Crippen LogP contribution in [0, 0.1) is 13.8 Å². The van der Waals surface area contributed by atoms with E-state index < -0.39 is 10.0 Å². The predicted molar refractivity (Wildman–Crippen MR) is 81.3 cm³/mol. The summed E-state index contributed by atoms with van der Waals surface area (Å²) in [7, 11) is -0.203. The van der Waals surface area contributed by atoms with Crippen LogP contribution in [0.15, 0.2) is 17.0 Å². The van der Waals surface area contributed by atoms with Gasteiger partial charge in [0.2, 0.25) is 10.0 Å². The molecule has 0 unspecified atom stereocenters. The van der Waals surface area contributed by atoms with Gasteiger partial charge in [-0.25, -0.2) is 8.42 Å². The van der Waals surface area contributed by atoms with Crippen LogP contribution in [0.3, 0.4) is 0 Å². The van der Waals surface area contributed by atoms with Gasteiger partial charge in [-0.15, -0.1) is 0 Å². The molecule has 0 bridgehead atoms. The van der Waals surface area contributed by atoms with Crippen molar-refractivity contribution < 1.29 is 17.9 Å². The lowest BCUT2D eigenvalue weighted by atomic mass is 10.1. The molecule has 0 saturated carbocycles. The van der Waals surface area contributed by atoms with E-state index in [1.165, 1.54) is 0 Å². The Morgan fingerprint density at radius 2 is 1.62 bits per heavy atom. The Balaban J connectivity index is 2.32. The van der Waals surface area contributed by atoms with Crippen molar-refractivity contribution in [2.24, 2.45) is 0 Å². The fourth-order valence-electron chi connectivity index (χ4n) is 2.87. The van der Waals surface area contributed by atoms with Crippen LogP contribution in [0.4, 0.5) is 0 Å². The smallest absolute Gasteiger partial charge is 0.243 e. The first-order valence-electron chi connectivity index (χ1n) is 7.08. The molecule has 1 aliphatic heterocycles. The maximum absolute atomic E-state index is 12.9. The average molecular weight is 313 g/mol. The number of rotatable bonds is 4. The monoisotopic (exact) mass is 313 g/mol. The second-order valence-corrected chi connectivity index (χ2v) is 7.30. The molecule has 1 heterocycles. The molecule has 1 aromatic carbocycles. The van der Waals surface area contributed by atoms with E-state index in [-0.39, 0.29) is 6.10 Å². The average Bonchev–Trinajstić information content (AvgIpc) is 2.46. The zero-order valence-corrected chi connectivity index (χ0v) is 13.9. The molecular weight excluding hydrogens is 290 g/mol. The van der Waals surface area contributed by atoms with Gasteiger partial charge in [0.05, 0.1) is 18.1 Å². The Bertz CT molecular complexity index is 581. The van der Waals surface area contributed by atoms with Crippen LogP contribution in [0.2, 0.25) is 0 Å². The highest BCUT2D eigenvalue weighted by Gasteiger charge is 2.31. The van der Waals surface area contributed by atoms with Crippen LogP contribution < -0.4 is 4.74 Å². The highest BCUT2D eigenvalue weighted by molar-refractivity contribution is 7.89. The van der Waals surface area contributed by atoms with Gasteiger partial charge in [-0.1, -0.05) is 0 Å². The van der Waals surface area contributed by atoms with Crippen LogP contribution in [0.5, 0.6) is 5.75 Å². The summed E-state index contributed by atoms with van der Waals surface area (Å²) in [5, 5.41) is 0. The lowest BCUT2D eigenvalue weighted by Gasteiger charge is -2.31. The third kappa shape index (κ3) is 3.22. The molecule has 0 N–H and O–H groups in total. The summed E-state index contributed by atoms with van der Waals surface area (Å²) in [6.45, 7) is 4.63.